The molecule has 1 fully saturated rings. The van der Waals surface area contributed by atoms with Crippen LogP contribution in [0.2, 0.25) is 0 Å². The van der Waals surface area contributed by atoms with E-state index >= 15 is 0 Å². The van der Waals surface area contributed by atoms with Crippen LogP contribution in [0.3, 0.4) is 0 Å². The summed E-state index contributed by atoms with van der Waals surface area (Å²) in [5, 5.41) is 0. The maximum atomic E-state index is 5.85. The monoisotopic (exact) mass is 284 g/mol. The summed E-state index contributed by atoms with van der Waals surface area (Å²) in [6.45, 7) is 9.97. The van der Waals surface area contributed by atoms with E-state index in [4.69, 9.17) is 9.47 Å². The van der Waals surface area contributed by atoms with E-state index in [0.717, 1.165) is 23.1 Å². The maximum absolute atomic E-state index is 5.85. The molecule has 0 N–H and O–H groups in total. The average molecular weight is 284 g/mol. The highest BCUT2D eigenvalue weighted by atomic mass is 16.7. The van der Waals surface area contributed by atoms with Gasteiger partial charge in [-0.2, -0.15) is 0 Å². The second-order valence-corrected chi connectivity index (χ2v) is 5.45. The van der Waals surface area contributed by atoms with E-state index in [-0.39, 0.29) is 18.5 Å². The smallest absolute Gasteiger partial charge is 0.184 e. The van der Waals surface area contributed by atoms with Gasteiger partial charge in [0.25, 0.3) is 0 Å². The van der Waals surface area contributed by atoms with Gasteiger partial charge in [0, 0.05) is 5.56 Å². The first-order valence-electron chi connectivity index (χ1n) is 7.50. The normalized spacial score (nSPS) is 27.0. The van der Waals surface area contributed by atoms with Gasteiger partial charge in [-0.05, 0) is 38.3 Å². The third-order valence-corrected chi connectivity index (χ3v) is 3.62. The van der Waals surface area contributed by atoms with Crippen molar-refractivity contribution >= 4 is 6.08 Å². The standard InChI is InChI=1S/C19H24O2/c1-5-16(6-2)7-8-17-9-11-18(12-10-17)19-20-14(3)13-15(4)21-19/h5-12,14-15,19H,1,13H2,2-4H3/b8-7+,16-6+. The third kappa shape index (κ3) is 4.42. The zero-order valence-electron chi connectivity index (χ0n) is 13.1. The van der Waals surface area contributed by atoms with Crippen molar-refractivity contribution in [2.24, 2.45) is 0 Å². The number of rotatable bonds is 4. The summed E-state index contributed by atoms with van der Waals surface area (Å²) >= 11 is 0. The van der Waals surface area contributed by atoms with Gasteiger partial charge < -0.3 is 9.47 Å². The lowest BCUT2D eigenvalue weighted by atomic mass is 10.1. The van der Waals surface area contributed by atoms with Crippen molar-refractivity contribution < 1.29 is 9.47 Å². The third-order valence-electron chi connectivity index (χ3n) is 3.62. The average Bonchev–Trinajstić information content (AvgIpc) is 2.48. The number of benzene rings is 1. The Bertz CT molecular complexity index is 515. The zero-order valence-corrected chi connectivity index (χ0v) is 13.1. The quantitative estimate of drug-likeness (QED) is 0.721. The Balaban J connectivity index is 2.06. The fraction of sp³-hybridized carbons (Fsp3) is 0.368. The molecule has 1 aliphatic rings. The van der Waals surface area contributed by atoms with E-state index < -0.39 is 0 Å². The molecule has 2 rings (SSSR count). The first kappa shape index (κ1) is 15.7. The van der Waals surface area contributed by atoms with Crippen molar-refractivity contribution in [1.82, 2.24) is 0 Å². The van der Waals surface area contributed by atoms with Crippen molar-refractivity contribution in [3.63, 3.8) is 0 Å². The van der Waals surface area contributed by atoms with Gasteiger partial charge in [0.1, 0.15) is 0 Å². The molecule has 0 spiro atoms. The fourth-order valence-electron chi connectivity index (χ4n) is 2.43. The Hall–Kier alpha value is -1.64. The summed E-state index contributed by atoms with van der Waals surface area (Å²) in [6, 6.07) is 8.30. The van der Waals surface area contributed by atoms with Gasteiger partial charge in [-0.25, -0.2) is 0 Å². The molecule has 1 aliphatic heterocycles. The molecule has 21 heavy (non-hydrogen) atoms. The van der Waals surface area contributed by atoms with Gasteiger partial charge in [-0.15, -0.1) is 0 Å². The Morgan fingerprint density at radius 3 is 2.29 bits per heavy atom. The Morgan fingerprint density at radius 1 is 1.14 bits per heavy atom. The molecule has 0 bridgehead atoms. The van der Waals surface area contributed by atoms with Crippen molar-refractivity contribution in [3.05, 3.63) is 65.8 Å². The Morgan fingerprint density at radius 2 is 1.76 bits per heavy atom. The molecular weight excluding hydrogens is 260 g/mol. The van der Waals surface area contributed by atoms with Gasteiger partial charge in [-0.3, -0.25) is 0 Å². The van der Waals surface area contributed by atoms with E-state index in [1.165, 1.54) is 0 Å². The molecule has 1 aromatic carbocycles. The minimum absolute atomic E-state index is 0.239. The molecule has 2 heteroatoms. The van der Waals surface area contributed by atoms with Crippen molar-refractivity contribution in [1.29, 1.82) is 0 Å². The highest BCUT2D eigenvalue weighted by Gasteiger charge is 2.25. The minimum Gasteiger partial charge on any atom is -0.345 e. The van der Waals surface area contributed by atoms with Crippen LogP contribution < -0.4 is 0 Å². The number of allylic oxidation sites excluding steroid dienone is 4. The Kier molecular flexibility index (Phi) is 5.54. The second-order valence-electron chi connectivity index (χ2n) is 5.45. The molecule has 0 aliphatic carbocycles. The fourth-order valence-corrected chi connectivity index (χ4v) is 2.43. The van der Waals surface area contributed by atoms with Crippen LogP contribution in [0.4, 0.5) is 0 Å². The topological polar surface area (TPSA) is 18.5 Å². The van der Waals surface area contributed by atoms with Gasteiger partial charge in [-0.1, -0.05) is 55.1 Å². The second kappa shape index (κ2) is 7.39. The molecule has 0 amide bonds. The molecule has 0 saturated carbocycles. The highest BCUT2D eigenvalue weighted by Crippen LogP contribution is 2.29. The van der Waals surface area contributed by atoms with Crippen molar-refractivity contribution in [2.75, 3.05) is 0 Å². The molecule has 1 aromatic rings. The summed E-state index contributed by atoms with van der Waals surface area (Å²) in [5.41, 5.74) is 3.33. The van der Waals surface area contributed by atoms with Crippen LogP contribution >= 0.6 is 0 Å². The predicted molar refractivity (Wildman–Crippen MR) is 87.9 cm³/mol. The maximum Gasteiger partial charge on any atom is 0.184 e. The molecule has 0 radical (unpaired) electrons. The summed E-state index contributed by atoms with van der Waals surface area (Å²) < 4.78 is 11.7. The first-order chi connectivity index (χ1) is 10.1. The number of ether oxygens (including phenoxy) is 2. The number of hydrogen-bond donors (Lipinski definition) is 0. The van der Waals surface area contributed by atoms with Crippen LogP contribution in [0, 0.1) is 0 Å². The van der Waals surface area contributed by atoms with Crippen LogP contribution in [0.15, 0.2) is 54.6 Å². The molecular formula is C19H24O2. The lowest BCUT2D eigenvalue weighted by Crippen LogP contribution is -2.30. The lowest BCUT2D eigenvalue weighted by molar-refractivity contribution is -0.239. The van der Waals surface area contributed by atoms with Crippen LogP contribution in [-0.2, 0) is 9.47 Å². The Labute approximate surface area is 127 Å². The molecule has 1 saturated heterocycles. The van der Waals surface area contributed by atoms with Crippen molar-refractivity contribution in [2.45, 2.75) is 45.7 Å². The number of hydrogen-bond acceptors (Lipinski definition) is 2. The van der Waals surface area contributed by atoms with Gasteiger partial charge in [0.05, 0.1) is 12.2 Å². The van der Waals surface area contributed by atoms with Crippen LogP contribution in [0.5, 0.6) is 0 Å². The molecule has 0 aromatic heterocycles. The lowest BCUT2D eigenvalue weighted by Gasteiger charge is -2.32. The summed E-state index contributed by atoms with van der Waals surface area (Å²) in [7, 11) is 0. The van der Waals surface area contributed by atoms with Crippen LogP contribution in [0.1, 0.15) is 44.6 Å². The van der Waals surface area contributed by atoms with Gasteiger partial charge >= 0.3 is 0 Å². The molecule has 2 nitrogen and oxygen atoms in total. The highest BCUT2D eigenvalue weighted by molar-refractivity contribution is 5.54. The van der Waals surface area contributed by atoms with Crippen molar-refractivity contribution in [3.8, 4) is 0 Å². The first-order valence-corrected chi connectivity index (χ1v) is 7.50. The van der Waals surface area contributed by atoms with Crippen LogP contribution in [0.25, 0.3) is 6.08 Å². The van der Waals surface area contributed by atoms with E-state index in [0.29, 0.717) is 0 Å². The van der Waals surface area contributed by atoms with E-state index in [9.17, 15) is 0 Å². The molecule has 2 unspecified atom stereocenters. The minimum atomic E-state index is -0.249. The SMILES string of the molecule is C=CC(/C=C/c1ccc(C2OC(C)CC(C)O2)cc1)=C\C. The molecule has 1 heterocycles. The zero-order chi connectivity index (χ0) is 15.2. The molecule has 2 atom stereocenters. The van der Waals surface area contributed by atoms with Gasteiger partial charge in [0.2, 0.25) is 0 Å². The largest absolute Gasteiger partial charge is 0.345 e. The van der Waals surface area contributed by atoms with Crippen LogP contribution in [-0.4, -0.2) is 12.2 Å². The summed E-state index contributed by atoms with van der Waals surface area (Å²) in [6.07, 6.45) is 9.19. The predicted octanol–water partition coefficient (Wildman–Crippen LogP) is 5.04. The van der Waals surface area contributed by atoms with E-state index in [2.05, 4.69) is 56.8 Å². The summed E-state index contributed by atoms with van der Waals surface area (Å²) in [5.74, 6) is 0. The van der Waals surface area contributed by atoms with Gasteiger partial charge in [0.15, 0.2) is 6.29 Å². The molecule has 112 valence electrons. The van der Waals surface area contributed by atoms with E-state index in [1.54, 1.807) is 0 Å². The summed E-state index contributed by atoms with van der Waals surface area (Å²) in [4.78, 5) is 0. The van der Waals surface area contributed by atoms with E-state index in [1.807, 2.05) is 19.1 Å².